The summed E-state index contributed by atoms with van der Waals surface area (Å²) in [6.07, 6.45) is 1.57. The smallest absolute Gasteiger partial charge is 0.314 e. The zero-order valence-electron chi connectivity index (χ0n) is 13.1. The van der Waals surface area contributed by atoms with Gasteiger partial charge in [0.05, 0.1) is 16.1 Å². The summed E-state index contributed by atoms with van der Waals surface area (Å²) in [5.41, 5.74) is 0.629. The van der Waals surface area contributed by atoms with Gasteiger partial charge in [-0.1, -0.05) is 29.8 Å². The SMILES string of the molecule is O=C(Nc1ccc(Cl)c([N+](=O)[O-])c1)C(=O)Nc1cccc2cccnc12. The minimum Gasteiger partial charge on any atom is -0.318 e. The maximum absolute atomic E-state index is 12.1. The molecule has 0 fully saturated rings. The third kappa shape index (κ3) is 3.60. The summed E-state index contributed by atoms with van der Waals surface area (Å²) in [5.74, 6) is -1.91. The van der Waals surface area contributed by atoms with E-state index >= 15 is 0 Å². The van der Waals surface area contributed by atoms with Crippen molar-refractivity contribution in [2.75, 3.05) is 10.6 Å². The number of nitro groups is 1. The molecule has 0 unspecified atom stereocenters. The number of carbonyl (C=O) groups is 2. The first-order valence-electron chi connectivity index (χ1n) is 7.36. The Morgan fingerprint density at radius 2 is 1.77 bits per heavy atom. The molecule has 9 heteroatoms. The maximum atomic E-state index is 12.1. The van der Waals surface area contributed by atoms with Crippen LogP contribution in [-0.4, -0.2) is 21.7 Å². The van der Waals surface area contributed by atoms with Gasteiger partial charge in [-0.15, -0.1) is 0 Å². The van der Waals surface area contributed by atoms with E-state index in [2.05, 4.69) is 15.6 Å². The maximum Gasteiger partial charge on any atom is 0.314 e. The van der Waals surface area contributed by atoms with Crippen molar-refractivity contribution in [1.29, 1.82) is 0 Å². The van der Waals surface area contributed by atoms with Crippen LogP contribution in [0.5, 0.6) is 0 Å². The average Bonchev–Trinajstić information content (AvgIpc) is 2.63. The van der Waals surface area contributed by atoms with Crippen LogP contribution in [-0.2, 0) is 9.59 Å². The van der Waals surface area contributed by atoms with Crippen LogP contribution in [0.2, 0.25) is 5.02 Å². The zero-order valence-corrected chi connectivity index (χ0v) is 13.9. The van der Waals surface area contributed by atoms with Crippen LogP contribution in [0.25, 0.3) is 10.9 Å². The molecule has 1 heterocycles. The van der Waals surface area contributed by atoms with E-state index in [1.165, 1.54) is 12.1 Å². The molecule has 0 bridgehead atoms. The molecule has 8 nitrogen and oxygen atoms in total. The Morgan fingerprint density at radius 3 is 2.54 bits per heavy atom. The van der Waals surface area contributed by atoms with Gasteiger partial charge in [-0.3, -0.25) is 24.7 Å². The summed E-state index contributed by atoms with van der Waals surface area (Å²) in [7, 11) is 0. The van der Waals surface area contributed by atoms with Crippen molar-refractivity contribution < 1.29 is 14.5 Å². The van der Waals surface area contributed by atoms with Crippen LogP contribution in [0.1, 0.15) is 0 Å². The van der Waals surface area contributed by atoms with Crippen LogP contribution in [0, 0.1) is 10.1 Å². The highest BCUT2D eigenvalue weighted by Crippen LogP contribution is 2.27. The molecular formula is C17H11ClN4O4. The molecule has 0 spiro atoms. The first kappa shape index (κ1) is 17.3. The minimum absolute atomic E-state index is 0.0701. The lowest BCUT2D eigenvalue weighted by Crippen LogP contribution is -2.29. The van der Waals surface area contributed by atoms with Crippen LogP contribution in [0.3, 0.4) is 0 Å². The summed E-state index contributed by atoms with van der Waals surface area (Å²) in [4.78, 5) is 38.6. The fraction of sp³-hybridized carbons (Fsp3) is 0. The number of pyridine rings is 1. The number of amides is 2. The Labute approximate surface area is 151 Å². The number of nitrogens with one attached hydrogen (secondary N) is 2. The molecule has 0 radical (unpaired) electrons. The van der Waals surface area contributed by atoms with Gasteiger partial charge < -0.3 is 10.6 Å². The molecule has 0 saturated heterocycles. The standard InChI is InChI=1S/C17H11ClN4O4/c18-12-7-6-11(9-14(12)22(25)26)20-16(23)17(24)21-13-5-1-3-10-4-2-8-19-15(10)13/h1-9H,(H,20,23)(H,21,24). The van der Waals surface area contributed by atoms with Gasteiger partial charge >= 0.3 is 11.8 Å². The van der Waals surface area contributed by atoms with Gasteiger partial charge in [-0.2, -0.15) is 0 Å². The number of para-hydroxylation sites is 1. The molecule has 0 aliphatic carbocycles. The molecule has 0 aliphatic rings. The minimum atomic E-state index is -0.977. The van der Waals surface area contributed by atoms with E-state index in [0.717, 1.165) is 11.5 Å². The van der Waals surface area contributed by atoms with E-state index in [1.54, 1.807) is 24.4 Å². The summed E-state index contributed by atoms with van der Waals surface area (Å²) in [6.45, 7) is 0. The summed E-state index contributed by atoms with van der Waals surface area (Å²) in [6, 6.07) is 12.5. The number of anilines is 2. The number of nitrogens with zero attached hydrogens (tertiary/aromatic N) is 2. The van der Waals surface area contributed by atoms with E-state index < -0.39 is 16.7 Å². The van der Waals surface area contributed by atoms with Crippen molar-refractivity contribution in [3.63, 3.8) is 0 Å². The Hall–Kier alpha value is -3.52. The molecule has 26 heavy (non-hydrogen) atoms. The van der Waals surface area contributed by atoms with Crippen LogP contribution in [0.15, 0.2) is 54.7 Å². The van der Waals surface area contributed by atoms with Crippen molar-refractivity contribution in [3.8, 4) is 0 Å². The van der Waals surface area contributed by atoms with E-state index in [4.69, 9.17) is 11.6 Å². The number of halogens is 1. The normalized spacial score (nSPS) is 10.3. The molecule has 3 rings (SSSR count). The third-order valence-corrected chi connectivity index (χ3v) is 3.81. The second-order valence-electron chi connectivity index (χ2n) is 5.21. The number of carbonyl (C=O) groups excluding carboxylic acids is 2. The predicted octanol–water partition coefficient (Wildman–Crippen LogP) is 3.37. The molecular weight excluding hydrogens is 360 g/mol. The Bertz CT molecular complexity index is 1030. The number of hydrogen-bond donors (Lipinski definition) is 2. The Balaban J connectivity index is 1.77. The number of hydrogen-bond acceptors (Lipinski definition) is 5. The molecule has 0 atom stereocenters. The second kappa shape index (κ2) is 7.16. The molecule has 2 aromatic carbocycles. The van der Waals surface area contributed by atoms with Gasteiger partial charge in [0.1, 0.15) is 5.02 Å². The van der Waals surface area contributed by atoms with Crippen molar-refractivity contribution in [3.05, 3.63) is 69.9 Å². The van der Waals surface area contributed by atoms with Crippen molar-refractivity contribution in [1.82, 2.24) is 4.98 Å². The number of aromatic nitrogens is 1. The predicted molar refractivity (Wildman–Crippen MR) is 97.1 cm³/mol. The summed E-state index contributed by atoms with van der Waals surface area (Å²) in [5, 5.41) is 16.4. The highest BCUT2D eigenvalue weighted by Gasteiger charge is 2.18. The fourth-order valence-corrected chi connectivity index (χ4v) is 2.49. The van der Waals surface area contributed by atoms with Crippen LogP contribution in [0.4, 0.5) is 17.1 Å². The third-order valence-electron chi connectivity index (χ3n) is 3.49. The number of fused-ring (bicyclic) bond motifs is 1. The zero-order chi connectivity index (χ0) is 18.7. The monoisotopic (exact) mass is 370 g/mol. The molecule has 3 aromatic rings. The second-order valence-corrected chi connectivity index (χ2v) is 5.62. The van der Waals surface area contributed by atoms with E-state index in [1.807, 2.05) is 12.1 Å². The van der Waals surface area contributed by atoms with Gasteiger partial charge in [-0.05, 0) is 24.3 Å². The van der Waals surface area contributed by atoms with Crippen molar-refractivity contribution in [2.24, 2.45) is 0 Å². The molecule has 130 valence electrons. The van der Waals surface area contributed by atoms with Crippen molar-refractivity contribution in [2.45, 2.75) is 0 Å². The van der Waals surface area contributed by atoms with Crippen LogP contribution < -0.4 is 10.6 Å². The van der Waals surface area contributed by atoms with Crippen LogP contribution >= 0.6 is 11.6 Å². The van der Waals surface area contributed by atoms with Gasteiger partial charge in [0.2, 0.25) is 0 Å². The molecule has 0 aliphatic heterocycles. The summed E-state index contributed by atoms with van der Waals surface area (Å²) >= 11 is 5.71. The van der Waals surface area contributed by atoms with Gasteiger partial charge in [-0.25, -0.2) is 0 Å². The molecule has 2 N–H and O–H groups in total. The number of rotatable bonds is 3. The largest absolute Gasteiger partial charge is 0.318 e. The summed E-state index contributed by atoms with van der Waals surface area (Å²) < 4.78 is 0. The topological polar surface area (TPSA) is 114 Å². The average molecular weight is 371 g/mol. The number of nitro benzene ring substituents is 1. The number of benzene rings is 2. The highest BCUT2D eigenvalue weighted by atomic mass is 35.5. The fourth-order valence-electron chi connectivity index (χ4n) is 2.30. The Kier molecular flexibility index (Phi) is 4.76. The van der Waals surface area contributed by atoms with Gasteiger partial charge in [0, 0.05) is 23.3 Å². The molecule has 2 amide bonds. The lowest BCUT2D eigenvalue weighted by Gasteiger charge is -2.08. The lowest BCUT2D eigenvalue weighted by molar-refractivity contribution is -0.384. The molecule has 1 aromatic heterocycles. The van der Waals surface area contributed by atoms with Crippen molar-refractivity contribution >= 4 is 51.4 Å². The molecule has 0 saturated carbocycles. The van der Waals surface area contributed by atoms with E-state index in [-0.39, 0.29) is 16.4 Å². The lowest BCUT2D eigenvalue weighted by atomic mass is 10.2. The first-order valence-corrected chi connectivity index (χ1v) is 7.73. The van der Waals surface area contributed by atoms with E-state index in [0.29, 0.717) is 11.2 Å². The quantitative estimate of drug-likeness (QED) is 0.416. The highest BCUT2D eigenvalue weighted by molar-refractivity contribution is 6.44. The Morgan fingerprint density at radius 1 is 1.04 bits per heavy atom. The van der Waals surface area contributed by atoms with E-state index in [9.17, 15) is 19.7 Å². The van der Waals surface area contributed by atoms with Gasteiger partial charge in [0.25, 0.3) is 5.69 Å². The van der Waals surface area contributed by atoms with Gasteiger partial charge in [0.15, 0.2) is 0 Å². The first-order chi connectivity index (χ1) is 12.5.